The second-order valence-corrected chi connectivity index (χ2v) is 5.85. The van der Waals surface area contributed by atoms with E-state index in [0.717, 1.165) is 5.56 Å². The first-order valence-corrected chi connectivity index (χ1v) is 8.17. The lowest BCUT2D eigenvalue weighted by Gasteiger charge is -2.08. The summed E-state index contributed by atoms with van der Waals surface area (Å²) >= 11 is 0. The Bertz CT molecular complexity index is 989. The maximum Gasteiger partial charge on any atom is 0.303 e. The molecule has 6 nitrogen and oxygen atoms in total. The van der Waals surface area contributed by atoms with Crippen LogP contribution in [0.4, 0.5) is 0 Å². The summed E-state index contributed by atoms with van der Waals surface area (Å²) in [5, 5.41) is 8.99. The van der Waals surface area contributed by atoms with E-state index in [1.54, 1.807) is 24.3 Å². The van der Waals surface area contributed by atoms with Gasteiger partial charge in [0.1, 0.15) is 23.3 Å². The summed E-state index contributed by atoms with van der Waals surface area (Å²) in [6.07, 6.45) is 1.73. The lowest BCUT2D eigenvalue weighted by molar-refractivity contribution is -0.137. The molecule has 2 aromatic carbocycles. The second-order valence-electron chi connectivity index (χ2n) is 5.85. The molecule has 1 aromatic heterocycles. The highest BCUT2D eigenvalue weighted by Gasteiger charge is 2.10. The summed E-state index contributed by atoms with van der Waals surface area (Å²) in [4.78, 5) is 23.1. The van der Waals surface area contributed by atoms with Gasteiger partial charge in [0.05, 0.1) is 12.0 Å². The van der Waals surface area contributed by atoms with Gasteiger partial charge in [0.2, 0.25) is 11.2 Å². The van der Waals surface area contributed by atoms with E-state index < -0.39 is 5.97 Å². The van der Waals surface area contributed by atoms with Gasteiger partial charge in [-0.25, -0.2) is 0 Å². The number of aliphatic carboxylic acids is 1. The van der Waals surface area contributed by atoms with Gasteiger partial charge >= 0.3 is 5.97 Å². The minimum absolute atomic E-state index is 0.0440. The Morgan fingerprint density at radius 1 is 1.15 bits per heavy atom. The van der Waals surface area contributed by atoms with Gasteiger partial charge in [0.15, 0.2) is 0 Å². The van der Waals surface area contributed by atoms with Crippen LogP contribution in [-0.4, -0.2) is 17.7 Å². The highest BCUT2D eigenvalue weighted by Crippen LogP contribution is 2.24. The van der Waals surface area contributed by atoms with Crippen LogP contribution in [0.5, 0.6) is 17.2 Å². The maximum atomic E-state index is 12.6. The molecule has 0 bridgehead atoms. The van der Waals surface area contributed by atoms with Gasteiger partial charge in [0.25, 0.3) is 0 Å². The number of hydrogen-bond acceptors (Lipinski definition) is 5. The van der Waals surface area contributed by atoms with Gasteiger partial charge < -0.3 is 19.0 Å². The Labute approximate surface area is 149 Å². The third-order valence-corrected chi connectivity index (χ3v) is 3.74. The lowest BCUT2D eigenvalue weighted by Crippen LogP contribution is -2.05. The van der Waals surface area contributed by atoms with Gasteiger partial charge in [-0.15, -0.1) is 0 Å². The summed E-state index contributed by atoms with van der Waals surface area (Å²) in [7, 11) is 0. The largest absolute Gasteiger partial charge is 0.493 e. The first-order chi connectivity index (χ1) is 12.5. The summed E-state index contributed by atoms with van der Waals surface area (Å²) < 4.78 is 16.6. The fourth-order valence-corrected chi connectivity index (χ4v) is 2.47. The maximum absolute atomic E-state index is 12.6. The van der Waals surface area contributed by atoms with Gasteiger partial charge in [-0.2, -0.15) is 0 Å². The number of carbonyl (C=O) groups is 1. The number of benzene rings is 2. The highest BCUT2D eigenvalue weighted by molar-refractivity contribution is 5.79. The van der Waals surface area contributed by atoms with Crippen molar-refractivity contribution in [2.45, 2.75) is 19.8 Å². The highest BCUT2D eigenvalue weighted by atomic mass is 16.5. The minimum Gasteiger partial charge on any atom is -0.493 e. The van der Waals surface area contributed by atoms with Crippen LogP contribution in [0.3, 0.4) is 0 Å². The molecule has 0 fully saturated rings. The number of hydrogen-bond donors (Lipinski definition) is 1. The average molecular weight is 354 g/mol. The molecule has 0 saturated heterocycles. The number of carboxylic acid groups (broad SMARTS) is 1. The van der Waals surface area contributed by atoms with Crippen LogP contribution in [0, 0.1) is 6.92 Å². The Balaban J connectivity index is 1.78. The predicted molar refractivity (Wildman–Crippen MR) is 96.1 cm³/mol. The molecule has 3 aromatic rings. The van der Waals surface area contributed by atoms with Crippen LogP contribution in [0.15, 0.2) is 57.9 Å². The number of aryl methyl sites for hydroxylation is 1. The van der Waals surface area contributed by atoms with Gasteiger partial charge in [-0.05, 0) is 43.2 Å². The van der Waals surface area contributed by atoms with Crippen molar-refractivity contribution in [2.24, 2.45) is 0 Å². The fourth-order valence-electron chi connectivity index (χ4n) is 2.47. The van der Waals surface area contributed by atoms with Crippen molar-refractivity contribution < 1.29 is 23.8 Å². The molecule has 0 unspecified atom stereocenters. The first-order valence-electron chi connectivity index (χ1n) is 8.17. The van der Waals surface area contributed by atoms with E-state index in [9.17, 15) is 9.59 Å². The third-order valence-electron chi connectivity index (χ3n) is 3.74. The molecule has 6 heteroatoms. The molecule has 26 heavy (non-hydrogen) atoms. The zero-order valence-electron chi connectivity index (χ0n) is 14.2. The lowest BCUT2D eigenvalue weighted by atomic mass is 10.2. The van der Waals surface area contributed by atoms with Crippen molar-refractivity contribution in [3.05, 3.63) is 64.5 Å². The smallest absolute Gasteiger partial charge is 0.303 e. The summed E-state index contributed by atoms with van der Waals surface area (Å²) in [5.41, 5.74) is 1.13. The molecule has 0 spiro atoms. The van der Waals surface area contributed by atoms with Crippen molar-refractivity contribution >= 4 is 16.9 Å². The molecule has 3 rings (SSSR count). The molecule has 0 aliphatic rings. The molecule has 0 saturated carbocycles. The van der Waals surface area contributed by atoms with Crippen LogP contribution < -0.4 is 14.9 Å². The quantitative estimate of drug-likeness (QED) is 0.642. The molecular formula is C20H18O6. The van der Waals surface area contributed by atoms with E-state index in [2.05, 4.69) is 0 Å². The summed E-state index contributed by atoms with van der Waals surface area (Å²) in [6.45, 7) is 2.21. The molecule has 0 atom stereocenters. The van der Waals surface area contributed by atoms with Crippen molar-refractivity contribution in [3.8, 4) is 17.2 Å². The molecule has 1 N–H and O–H groups in total. The molecule has 0 radical (unpaired) electrons. The number of rotatable bonds is 7. The van der Waals surface area contributed by atoms with Crippen LogP contribution in [0.25, 0.3) is 11.0 Å². The molecular weight excluding hydrogens is 336 g/mol. The van der Waals surface area contributed by atoms with E-state index in [1.165, 1.54) is 6.26 Å². The van der Waals surface area contributed by atoms with Crippen molar-refractivity contribution in [3.63, 3.8) is 0 Å². The number of ether oxygens (including phenoxy) is 2. The van der Waals surface area contributed by atoms with Gasteiger partial charge in [-0.3, -0.25) is 9.59 Å². The zero-order chi connectivity index (χ0) is 18.5. The average Bonchev–Trinajstić information content (AvgIpc) is 2.61. The Kier molecular flexibility index (Phi) is 5.22. The normalized spacial score (nSPS) is 10.7. The SMILES string of the molecule is Cc1cccc(Oc2coc3cc(OCCCC(=O)O)ccc3c2=O)c1. The summed E-state index contributed by atoms with van der Waals surface area (Å²) in [6, 6.07) is 12.2. The van der Waals surface area contributed by atoms with Crippen molar-refractivity contribution in [1.82, 2.24) is 0 Å². The Hall–Kier alpha value is -3.28. The number of fused-ring (bicyclic) bond motifs is 1. The van der Waals surface area contributed by atoms with E-state index >= 15 is 0 Å². The van der Waals surface area contributed by atoms with Crippen molar-refractivity contribution in [1.29, 1.82) is 0 Å². The Morgan fingerprint density at radius 2 is 2.00 bits per heavy atom. The standard InChI is InChI=1S/C20H18O6/c1-13-4-2-5-15(10-13)26-18-12-25-17-11-14(7-8-16(17)20(18)23)24-9-3-6-19(21)22/h2,4-5,7-8,10-12H,3,6,9H2,1H3,(H,21,22). The molecule has 134 valence electrons. The van der Waals surface area contributed by atoms with E-state index in [0.29, 0.717) is 28.9 Å². The van der Waals surface area contributed by atoms with Crippen molar-refractivity contribution in [2.75, 3.05) is 6.61 Å². The number of carboxylic acids is 1. The topological polar surface area (TPSA) is 86.0 Å². The van der Waals surface area contributed by atoms with Gasteiger partial charge in [0, 0.05) is 12.5 Å². The first kappa shape index (κ1) is 17.5. The molecule has 0 amide bonds. The fraction of sp³-hybridized carbons (Fsp3) is 0.200. The zero-order valence-corrected chi connectivity index (χ0v) is 14.2. The van der Waals surface area contributed by atoms with E-state index in [-0.39, 0.29) is 24.2 Å². The molecule has 0 aliphatic carbocycles. The Morgan fingerprint density at radius 3 is 2.77 bits per heavy atom. The molecule has 1 heterocycles. The molecule has 0 aliphatic heterocycles. The van der Waals surface area contributed by atoms with E-state index in [4.69, 9.17) is 19.0 Å². The van der Waals surface area contributed by atoms with Crippen LogP contribution in [0.1, 0.15) is 18.4 Å². The third kappa shape index (κ3) is 4.22. The predicted octanol–water partition coefficient (Wildman–Crippen LogP) is 4.14. The van der Waals surface area contributed by atoms with Crippen LogP contribution >= 0.6 is 0 Å². The van der Waals surface area contributed by atoms with Crippen LogP contribution in [0.2, 0.25) is 0 Å². The van der Waals surface area contributed by atoms with Gasteiger partial charge in [-0.1, -0.05) is 12.1 Å². The monoisotopic (exact) mass is 354 g/mol. The van der Waals surface area contributed by atoms with Crippen LogP contribution in [-0.2, 0) is 4.79 Å². The minimum atomic E-state index is -0.862. The second kappa shape index (κ2) is 7.74. The van der Waals surface area contributed by atoms with E-state index in [1.807, 2.05) is 25.1 Å². The summed E-state index contributed by atoms with van der Waals surface area (Å²) in [5.74, 6) is 0.325.